The normalized spacial score (nSPS) is 16.6. The number of hydrogen-bond acceptors (Lipinski definition) is 11. The molecule has 3 aromatic heterocycles. The van der Waals surface area contributed by atoms with E-state index in [0.717, 1.165) is 4.57 Å². The molecule has 2 saturated heterocycles. The van der Waals surface area contributed by atoms with Gasteiger partial charge in [-0.1, -0.05) is 0 Å². The van der Waals surface area contributed by atoms with Crippen LogP contribution in [0.4, 0.5) is 9.59 Å². The molecule has 2 aliphatic rings. The first-order chi connectivity index (χ1) is 17.6. The van der Waals surface area contributed by atoms with Gasteiger partial charge in [0.2, 0.25) is 5.60 Å². The van der Waals surface area contributed by atoms with Gasteiger partial charge in [-0.05, 0) is 19.6 Å². The summed E-state index contributed by atoms with van der Waals surface area (Å²) in [6, 6.07) is 3.88. The number of nitriles is 2. The summed E-state index contributed by atoms with van der Waals surface area (Å²) in [6.45, 7) is 7.36. The van der Waals surface area contributed by atoms with E-state index in [2.05, 4.69) is 40.7 Å². The predicted molar refractivity (Wildman–Crippen MR) is 128 cm³/mol. The van der Waals surface area contributed by atoms with Crippen molar-refractivity contribution in [1.29, 1.82) is 10.5 Å². The van der Waals surface area contributed by atoms with Crippen molar-refractivity contribution in [1.82, 2.24) is 28.7 Å². The lowest BCUT2D eigenvalue weighted by atomic mass is 10.1. The van der Waals surface area contributed by atoms with Gasteiger partial charge in [0.05, 0.1) is 13.2 Å². The molecule has 15 heteroatoms. The van der Waals surface area contributed by atoms with Crippen LogP contribution < -0.4 is 0 Å². The molecule has 0 spiro atoms. The van der Waals surface area contributed by atoms with Gasteiger partial charge in [-0.15, -0.1) is 0 Å². The second-order valence-corrected chi connectivity index (χ2v) is 13.4. The van der Waals surface area contributed by atoms with Crippen molar-refractivity contribution >= 4 is 20.4 Å². The maximum atomic E-state index is 11.4. The van der Waals surface area contributed by atoms with Gasteiger partial charge in [-0.3, -0.25) is 9.13 Å². The minimum atomic E-state index is -1.59. The Morgan fingerprint density at radius 2 is 1.24 bits per heavy atom. The molecule has 0 N–H and O–H groups in total. The summed E-state index contributed by atoms with van der Waals surface area (Å²) in [7, 11) is -1.59. The summed E-state index contributed by atoms with van der Waals surface area (Å²) in [5, 5.41) is 17.5. The highest BCUT2D eigenvalue weighted by Crippen LogP contribution is 2.25. The number of hydrogen-bond donors (Lipinski definition) is 0. The lowest BCUT2D eigenvalue weighted by Gasteiger charge is -2.39. The summed E-state index contributed by atoms with van der Waals surface area (Å²) >= 11 is 0. The second-order valence-electron chi connectivity index (χ2n) is 8.97. The molecule has 37 heavy (non-hydrogen) atoms. The van der Waals surface area contributed by atoms with Crippen LogP contribution in [0.1, 0.15) is 0 Å². The van der Waals surface area contributed by atoms with Crippen LogP contribution >= 0.6 is 0 Å². The first-order valence-corrected chi connectivity index (χ1v) is 14.4. The number of imidazole rings is 3. The average Bonchev–Trinajstić information content (AvgIpc) is 3.61. The number of nitrogens with zero attached hydrogens (tertiary/aromatic N) is 8. The van der Waals surface area contributed by atoms with Gasteiger partial charge in [0.25, 0.3) is 0 Å². The third kappa shape index (κ3) is 7.42. The predicted octanol–water partition coefficient (Wildman–Crippen LogP) is 1.89. The quantitative estimate of drug-likeness (QED) is 0.456. The van der Waals surface area contributed by atoms with Gasteiger partial charge in [-0.25, -0.2) is 29.1 Å². The van der Waals surface area contributed by atoms with Gasteiger partial charge in [-0.2, -0.15) is 10.5 Å². The first-order valence-electron chi connectivity index (χ1n) is 11.0. The fourth-order valence-corrected chi connectivity index (χ4v) is 4.25. The molecule has 0 amide bonds. The van der Waals surface area contributed by atoms with Gasteiger partial charge in [0, 0.05) is 37.2 Å². The molecule has 0 saturated carbocycles. The Balaban J connectivity index is 0.000000156. The molecule has 0 aliphatic carbocycles. The molecule has 5 rings (SSSR count). The van der Waals surface area contributed by atoms with Crippen LogP contribution in [0, 0.1) is 22.7 Å². The molecule has 2 fully saturated rings. The Morgan fingerprint density at radius 3 is 1.51 bits per heavy atom. The standard InChI is InChI=1S/C8H7N3O3.C7H6N4O.C7H13NO2Si/c9-3-8(4-13-5-8)14-7(12)11-2-1-10-6-11;12-7(10-3-1-8-5-10)11-4-2-9-6-11;1-11(2,3)10-7(4-8)5-9-6-7/h1-2,6H,4-5H2;1-6H;5-6H2,1-3H3. The maximum absolute atomic E-state index is 11.4. The summed E-state index contributed by atoms with van der Waals surface area (Å²) in [4.78, 5) is 34.0. The molecule has 0 unspecified atom stereocenters. The summed E-state index contributed by atoms with van der Waals surface area (Å²) in [6.07, 6.45) is 12.8. The number of aromatic nitrogens is 6. The molecule has 0 bridgehead atoms. The minimum Gasteiger partial charge on any atom is -0.422 e. The lowest BCUT2D eigenvalue weighted by Crippen LogP contribution is -2.55. The average molecular weight is 527 g/mol. The molecule has 194 valence electrons. The molecule has 0 atom stereocenters. The fraction of sp³-hybridized carbons (Fsp3) is 0.409. The molecular formula is C22H26N8O6Si. The van der Waals surface area contributed by atoms with Crippen molar-refractivity contribution in [2.45, 2.75) is 30.8 Å². The molecule has 0 radical (unpaired) electrons. The molecule has 5 heterocycles. The van der Waals surface area contributed by atoms with E-state index in [1.54, 1.807) is 24.8 Å². The Labute approximate surface area is 213 Å². The zero-order chi connectivity index (χ0) is 26.9. The first kappa shape index (κ1) is 27.4. The van der Waals surface area contributed by atoms with E-state index >= 15 is 0 Å². The third-order valence-electron chi connectivity index (χ3n) is 4.70. The molecule has 0 aromatic carbocycles. The zero-order valence-electron chi connectivity index (χ0n) is 20.6. The Hall–Kier alpha value is -4.15. The second kappa shape index (κ2) is 11.7. The van der Waals surface area contributed by atoms with E-state index in [1.165, 1.54) is 40.5 Å². The molecule has 3 aromatic rings. The van der Waals surface area contributed by atoms with E-state index in [9.17, 15) is 9.59 Å². The lowest BCUT2D eigenvalue weighted by molar-refractivity contribution is -0.143. The zero-order valence-corrected chi connectivity index (χ0v) is 21.6. The number of ether oxygens (including phenoxy) is 3. The highest BCUT2D eigenvalue weighted by atomic mass is 28.4. The van der Waals surface area contributed by atoms with Crippen LogP contribution in [-0.2, 0) is 18.6 Å². The number of carbonyl (C=O) groups excluding carboxylic acids is 2. The van der Waals surface area contributed by atoms with Gasteiger partial charge >= 0.3 is 12.1 Å². The van der Waals surface area contributed by atoms with Crippen molar-refractivity contribution < 1.29 is 28.2 Å². The SMILES string of the molecule is C[Si](C)(C)OC1(C#N)COC1.N#CC1(OC(=O)n2ccnc2)COC1.O=C(n1ccnc1)n1ccnc1. The maximum Gasteiger partial charge on any atom is 0.421 e. The summed E-state index contributed by atoms with van der Waals surface area (Å²) < 4.78 is 24.3. The number of carbonyl (C=O) groups is 2. The van der Waals surface area contributed by atoms with Crippen molar-refractivity contribution in [3.63, 3.8) is 0 Å². The topological polar surface area (TPSA) is 172 Å². The monoisotopic (exact) mass is 526 g/mol. The molecule has 2 aliphatic heterocycles. The largest absolute Gasteiger partial charge is 0.422 e. The fourth-order valence-electron chi connectivity index (χ4n) is 2.92. The van der Waals surface area contributed by atoms with Crippen LogP contribution in [0.2, 0.25) is 19.6 Å². The Morgan fingerprint density at radius 1 is 0.811 bits per heavy atom. The molecular weight excluding hydrogens is 500 g/mol. The summed E-state index contributed by atoms with van der Waals surface area (Å²) in [5.74, 6) is 0. The highest BCUT2D eigenvalue weighted by molar-refractivity contribution is 6.69. The van der Waals surface area contributed by atoms with E-state index in [4.69, 9.17) is 29.2 Å². The highest BCUT2D eigenvalue weighted by Gasteiger charge is 2.44. The van der Waals surface area contributed by atoms with E-state index in [1.807, 2.05) is 6.07 Å². The van der Waals surface area contributed by atoms with Gasteiger partial charge < -0.3 is 18.6 Å². The van der Waals surface area contributed by atoms with Crippen molar-refractivity contribution in [3.05, 3.63) is 56.2 Å². The van der Waals surface area contributed by atoms with Crippen LogP contribution in [0.15, 0.2) is 56.2 Å². The molecule has 14 nitrogen and oxygen atoms in total. The van der Waals surface area contributed by atoms with Crippen molar-refractivity contribution in [3.8, 4) is 12.1 Å². The van der Waals surface area contributed by atoms with Crippen molar-refractivity contribution in [2.24, 2.45) is 0 Å². The van der Waals surface area contributed by atoms with Gasteiger partial charge in [0.1, 0.15) is 44.3 Å². The third-order valence-corrected chi connectivity index (χ3v) is 5.70. The van der Waals surface area contributed by atoms with Gasteiger partial charge in [0.15, 0.2) is 13.9 Å². The summed E-state index contributed by atoms with van der Waals surface area (Å²) in [5.41, 5.74) is -1.72. The number of rotatable bonds is 3. The smallest absolute Gasteiger partial charge is 0.421 e. The Bertz CT molecular complexity index is 1200. The van der Waals surface area contributed by atoms with Crippen LogP contribution in [0.25, 0.3) is 0 Å². The van der Waals surface area contributed by atoms with Crippen LogP contribution in [0.5, 0.6) is 0 Å². The van der Waals surface area contributed by atoms with Crippen LogP contribution in [-0.4, -0.2) is 86.7 Å². The van der Waals surface area contributed by atoms with Crippen LogP contribution in [0.3, 0.4) is 0 Å². The Kier molecular flexibility index (Phi) is 8.69. The van der Waals surface area contributed by atoms with E-state index in [0.29, 0.717) is 13.2 Å². The van der Waals surface area contributed by atoms with Crippen molar-refractivity contribution in [2.75, 3.05) is 26.4 Å². The van der Waals surface area contributed by atoms with E-state index in [-0.39, 0.29) is 19.2 Å². The van der Waals surface area contributed by atoms with E-state index < -0.39 is 25.6 Å². The minimum absolute atomic E-state index is 0.129.